The van der Waals surface area contributed by atoms with E-state index in [0.717, 1.165) is 12.8 Å². The van der Waals surface area contributed by atoms with Crippen LogP contribution in [0.3, 0.4) is 0 Å². The normalized spacial score (nSPS) is 41.6. The van der Waals surface area contributed by atoms with Gasteiger partial charge in [0.25, 0.3) is 0 Å². The van der Waals surface area contributed by atoms with Gasteiger partial charge in [0.2, 0.25) is 0 Å². The van der Waals surface area contributed by atoms with Crippen LogP contribution in [0.5, 0.6) is 0 Å². The van der Waals surface area contributed by atoms with Gasteiger partial charge < -0.3 is 5.11 Å². The monoisotopic (exact) mass is 280 g/mol. The average molecular weight is 280 g/mol. The molecule has 0 amide bonds. The molecule has 1 N–H and O–H groups in total. The molecule has 0 heterocycles. The number of hydrogen-bond acceptors (Lipinski definition) is 3. The molecule has 0 bridgehead atoms. The summed E-state index contributed by atoms with van der Waals surface area (Å²) in [5.41, 5.74) is -1.42. The van der Waals surface area contributed by atoms with E-state index < -0.39 is 20.2 Å². The molecule has 104 valence electrons. The molecule has 3 rings (SSSR count). The Morgan fingerprint density at radius 3 is 2.05 bits per heavy atom. The van der Waals surface area contributed by atoms with Crippen LogP contribution in [0.1, 0.15) is 39.5 Å². The highest BCUT2D eigenvalue weighted by atomic mass is 32.2. The van der Waals surface area contributed by atoms with Crippen LogP contribution < -0.4 is 0 Å². The fraction of sp³-hybridized carbons (Fsp3) is 0.600. The molecular formula is C15H20O3S. The molecule has 0 spiro atoms. The molecular weight excluding hydrogens is 260 g/mol. The van der Waals surface area contributed by atoms with Gasteiger partial charge >= 0.3 is 0 Å². The lowest BCUT2D eigenvalue weighted by molar-refractivity contribution is -0.0372. The van der Waals surface area contributed by atoms with Crippen LogP contribution in [0.2, 0.25) is 0 Å². The minimum Gasteiger partial charge on any atom is -0.388 e. The highest BCUT2D eigenvalue weighted by Gasteiger charge is 2.75. The average Bonchev–Trinajstić information content (AvgIpc) is 2.48. The molecule has 3 atom stereocenters. The molecule has 2 aliphatic carbocycles. The lowest BCUT2D eigenvalue weighted by Gasteiger charge is -2.57. The third-order valence-corrected chi connectivity index (χ3v) is 8.50. The number of fused-ring (bicyclic) bond motifs is 1. The Kier molecular flexibility index (Phi) is 2.50. The summed E-state index contributed by atoms with van der Waals surface area (Å²) in [6.07, 6.45) is 2.80. The summed E-state index contributed by atoms with van der Waals surface area (Å²) in [4.78, 5) is 0.336. The van der Waals surface area contributed by atoms with Gasteiger partial charge in [0.1, 0.15) is 4.75 Å². The Hall–Kier alpha value is -0.870. The lowest BCUT2D eigenvalue weighted by atomic mass is 9.59. The molecule has 0 aromatic heterocycles. The Balaban J connectivity index is 2.21. The quantitative estimate of drug-likeness (QED) is 0.905. The van der Waals surface area contributed by atoms with Gasteiger partial charge in [0, 0.05) is 0 Å². The van der Waals surface area contributed by atoms with Crippen molar-refractivity contribution in [3.05, 3.63) is 30.3 Å². The second-order valence-corrected chi connectivity index (χ2v) is 8.65. The summed E-state index contributed by atoms with van der Waals surface area (Å²) in [5, 5.41) is 10.7. The van der Waals surface area contributed by atoms with Crippen LogP contribution in [0, 0.1) is 5.41 Å². The third-order valence-electron chi connectivity index (χ3n) is 5.55. The molecule has 2 aliphatic rings. The number of hydrogen-bond donors (Lipinski definition) is 1. The maximum absolute atomic E-state index is 13.1. The van der Waals surface area contributed by atoms with Crippen molar-refractivity contribution in [2.75, 3.05) is 0 Å². The predicted octanol–water partition coefficient (Wildman–Crippen LogP) is 2.54. The summed E-state index contributed by atoms with van der Waals surface area (Å²) in [5.74, 6) is 0. The fourth-order valence-electron chi connectivity index (χ4n) is 4.30. The number of benzene rings is 1. The zero-order chi connectivity index (χ0) is 13.9. The zero-order valence-electron chi connectivity index (χ0n) is 11.4. The van der Waals surface area contributed by atoms with E-state index in [9.17, 15) is 13.5 Å². The van der Waals surface area contributed by atoms with Crippen LogP contribution in [0.25, 0.3) is 0 Å². The van der Waals surface area contributed by atoms with E-state index in [1.165, 1.54) is 0 Å². The summed E-state index contributed by atoms with van der Waals surface area (Å²) < 4.78 is 25.2. The van der Waals surface area contributed by atoms with Gasteiger partial charge in [0.15, 0.2) is 9.84 Å². The summed E-state index contributed by atoms with van der Waals surface area (Å²) in [6, 6.07) is 8.56. The molecule has 4 heteroatoms. The second-order valence-electron chi connectivity index (χ2n) is 6.48. The Labute approximate surface area is 114 Å². The van der Waals surface area contributed by atoms with Crippen molar-refractivity contribution in [1.29, 1.82) is 0 Å². The second kappa shape index (κ2) is 3.61. The first-order valence-electron chi connectivity index (χ1n) is 6.79. The van der Waals surface area contributed by atoms with E-state index >= 15 is 0 Å². The minimum atomic E-state index is -3.52. The van der Waals surface area contributed by atoms with Gasteiger partial charge in [-0.05, 0) is 50.2 Å². The van der Waals surface area contributed by atoms with E-state index in [4.69, 9.17) is 0 Å². The molecule has 1 aromatic carbocycles. The zero-order valence-corrected chi connectivity index (χ0v) is 12.2. The Morgan fingerprint density at radius 1 is 1.00 bits per heavy atom. The largest absolute Gasteiger partial charge is 0.388 e. The molecule has 0 saturated heterocycles. The number of rotatable bonds is 2. The maximum Gasteiger partial charge on any atom is 0.187 e. The first-order chi connectivity index (χ1) is 8.77. The number of sulfone groups is 1. The topological polar surface area (TPSA) is 54.4 Å². The van der Waals surface area contributed by atoms with Crippen molar-refractivity contribution < 1.29 is 13.5 Å². The van der Waals surface area contributed by atoms with Crippen molar-refractivity contribution in [2.45, 2.75) is 54.8 Å². The fourth-order valence-corrected chi connectivity index (χ4v) is 7.12. The smallest absolute Gasteiger partial charge is 0.187 e. The minimum absolute atomic E-state index is 0.287. The van der Waals surface area contributed by atoms with Crippen LogP contribution >= 0.6 is 0 Å². The SMILES string of the molecule is C[C@]12CC[C@@]1(S(=O)(=O)c1ccccc1)[C@@](C)(O)CC2. The Bertz CT molecular complexity index is 592. The van der Waals surface area contributed by atoms with Gasteiger partial charge in [-0.2, -0.15) is 0 Å². The molecule has 0 unspecified atom stereocenters. The van der Waals surface area contributed by atoms with E-state index in [1.807, 2.05) is 13.0 Å². The first-order valence-corrected chi connectivity index (χ1v) is 8.27. The molecule has 3 nitrogen and oxygen atoms in total. The van der Waals surface area contributed by atoms with Crippen LogP contribution in [-0.2, 0) is 9.84 Å². The van der Waals surface area contributed by atoms with Crippen molar-refractivity contribution in [3.63, 3.8) is 0 Å². The lowest BCUT2D eigenvalue weighted by Crippen LogP contribution is -2.67. The summed E-state index contributed by atoms with van der Waals surface area (Å²) in [7, 11) is -3.52. The van der Waals surface area contributed by atoms with Crippen molar-refractivity contribution in [3.8, 4) is 0 Å². The molecule has 0 aliphatic heterocycles. The van der Waals surface area contributed by atoms with E-state index in [0.29, 0.717) is 17.7 Å². The molecule has 0 radical (unpaired) electrons. The van der Waals surface area contributed by atoms with Gasteiger partial charge in [-0.25, -0.2) is 8.42 Å². The van der Waals surface area contributed by atoms with Gasteiger partial charge in [-0.15, -0.1) is 0 Å². The van der Waals surface area contributed by atoms with Gasteiger partial charge in [-0.1, -0.05) is 25.1 Å². The van der Waals surface area contributed by atoms with Crippen LogP contribution in [-0.4, -0.2) is 23.9 Å². The maximum atomic E-state index is 13.1. The summed E-state index contributed by atoms with van der Waals surface area (Å²) in [6.45, 7) is 3.70. The molecule has 2 saturated carbocycles. The highest BCUT2D eigenvalue weighted by Crippen LogP contribution is 2.68. The standard InChI is InChI=1S/C15H20O3S/c1-13-8-10-14(2,16)15(13,11-9-13)19(17,18)12-6-4-3-5-7-12/h3-7,16H,8-11H2,1-2H3/t13-,14-,15-/m0/s1. The van der Waals surface area contributed by atoms with E-state index in [-0.39, 0.29) is 5.41 Å². The summed E-state index contributed by atoms with van der Waals surface area (Å²) >= 11 is 0. The van der Waals surface area contributed by atoms with E-state index in [2.05, 4.69) is 0 Å². The van der Waals surface area contributed by atoms with Crippen molar-refractivity contribution in [1.82, 2.24) is 0 Å². The van der Waals surface area contributed by atoms with Gasteiger partial charge in [-0.3, -0.25) is 0 Å². The van der Waals surface area contributed by atoms with Crippen LogP contribution in [0.15, 0.2) is 35.2 Å². The van der Waals surface area contributed by atoms with Crippen molar-refractivity contribution in [2.24, 2.45) is 5.41 Å². The molecule has 1 aromatic rings. The number of aliphatic hydroxyl groups is 1. The van der Waals surface area contributed by atoms with E-state index in [1.54, 1.807) is 31.2 Å². The predicted molar refractivity (Wildman–Crippen MR) is 73.6 cm³/mol. The first kappa shape index (κ1) is 13.1. The van der Waals surface area contributed by atoms with Crippen LogP contribution in [0.4, 0.5) is 0 Å². The Morgan fingerprint density at radius 2 is 1.58 bits per heavy atom. The molecule has 2 fully saturated rings. The van der Waals surface area contributed by atoms with Gasteiger partial charge in [0.05, 0.1) is 10.5 Å². The third kappa shape index (κ3) is 1.34. The van der Waals surface area contributed by atoms with Crippen molar-refractivity contribution >= 4 is 9.84 Å². The molecule has 19 heavy (non-hydrogen) atoms. The highest BCUT2D eigenvalue weighted by molar-refractivity contribution is 7.93.